The van der Waals surface area contributed by atoms with E-state index in [-0.39, 0.29) is 80.9 Å². The van der Waals surface area contributed by atoms with Crippen molar-refractivity contribution in [2.45, 2.75) is 39.2 Å². The van der Waals surface area contributed by atoms with E-state index in [9.17, 15) is 29.4 Å². The number of aliphatic hydroxyl groups excluding tert-OH is 1. The zero-order valence-corrected chi connectivity index (χ0v) is 33.8. The second-order valence-corrected chi connectivity index (χ2v) is 15.3. The van der Waals surface area contributed by atoms with E-state index in [1.54, 1.807) is 67.7 Å². The van der Waals surface area contributed by atoms with E-state index >= 15 is 0 Å². The van der Waals surface area contributed by atoms with Crippen LogP contribution < -0.4 is 15.0 Å². The van der Waals surface area contributed by atoms with E-state index in [2.05, 4.69) is 10.3 Å². The molecule has 4 amide bonds. The number of hydrogen-bond acceptors (Lipinski definition) is 10. The van der Waals surface area contributed by atoms with Gasteiger partial charge in [0.1, 0.15) is 28.4 Å². The number of nitrogens with one attached hydrogen (secondary N) is 1. The Morgan fingerprint density at radius 1 is 0.983 bits per heavy atom. The summed E-state index contributed by atoms with van der Waals surface area (Å²) < 4.78 is 18.7. The van der Waals surface area contributed by atoms with Crippen LogP contribution in [0.15, 0.2) is 73.1 Å². The topological polar surface area (TPSA) is 175 Å². The zero-order chi connectivity index (χ0) is 41.7. The van der Waals surface area contributed by atoms with Crippen LogP contribution in [0.4, 0.5) is 21.0 Å². The monoisotopic (exact) mass is 814 g/mol. The van der Waals surface area contributed by atoms with Gasteiger partial charge in [-0.1, -0.05) is 18.2 Å². The van der Waals surface area contributed by atoms with Gasteiger partial charge in [-0.25, -0.2) is 14.6 Å². The number of phenolic OH excluding ortho intramolecular Hbond substituents is 1. The maximum absolute atomic E-state index is 14.4. The molecule has 1 atom stereocenters. The van der Waals surface area contributed by atoms with Gasteiger partial charge in [0.25, 0.3) is 11.8 Å². The number of aromatic nitrogens is 2. The molecule has 1 aliphatic rings. The molecule has 0 saturated heterocycles. The number of benzene rings is 3. The van der Waals surface area contributed by atoms with Crippen LogP contribution in [0.3, 0.4) is 0 Å². The van der Waals surface area contributed by atoms with E-state index in [1.807, 2.05) is 25.1 Å². The van der Waals surface area contributed by atoms with E-state index in [0.717, 1.165) is 16.5 Å². The number of ether oxygens (including phenoxy) is 3. The summed E-state index contributed by atoms with van der Waals surface area (Å²) >= 11 is 6.57. The molecule has 2 aromatic heterocycles. The first-order valence-electron chi connectivity index (χ1n) is 18.8. The Morgan fingerprint density at radius 3 is 2.45 bits per heavy atom. The number of aliphatic hydroxyl groups is 1. The fraction of sp³-hybridized carbons (Fsp3) is 0.357. The number of imidazole rings is 1. The molecule has 16 heteroatoms. The summed E-state index contributed by atoms with van der Waals surface area (Å²) in [5, 5.41) is 23.1. The third-order valence-electron chi connectivity index (χ3n) is 9.55. The SMILES string of the molecule is Cc1cccc2c(OC(=O)N(CCOCCO)CCN(C)C(=O)OC(C)(C)C)cc3c(c12)[C@H](CCl)CN3C(=O)c1cn2cc(NC(=O)c3ccc(O)cc3)ccc2n1. The van der Waals surface area contributed by atoms with Gasteiger partial charge in [0, 0.05) is 74.4 Å². The summed E-state index contributed by atoms with van der Waals surface area (Å²) in [6.07, 6.45) is 1.99. The Kier molecular flexibility index (Phi) is 12.7. The van der Waals surface area contributed by atoms with Gasteiger partial charge in [-0.15, -0.1) is 11.6 Å². The van der Waals surface area contributed by atoms with Crippen LogP contribution in [0.2, 0.25) is 0 Å². The van der Waals surface area contributed by atoms with Crippen LogP contribution in [0.25, 0.3) is 16.4 Å². The van der Waals surface area contributed by atoms with Gasteiger partial charge in [-0.3, -0.25) is 9.59 Å². The van der Waals surface area contributed by atoms with Crippen molar-refractivity contribution in [2.24, 2.45) is 0 Å². The van der Waals surface area contributed by atoms with Crippen LogP contribution in [-0.2, 0) is 9.47 Å². The number of alkyl halides is 1. The van der Waals surface area contributed by atoms with Crippen LogP contribution in [0.5, 0.6) is 11.5 Å². The zero-order valence-electron chi connectivity index (χ0n) is 33.0. The molecule has 58 heavy (non-hydrogen) atoms. The summed E-state index contributed by atoms with van der Waals surface area (Å²) in [4.78, 5) is 62.8. The third kappa shape index (κ3) is 9.44. The minimum Gasteiger partial charge on any atom is -0.508 e. The first-order valence-corrected chi connectivity index (χ1v) is 19.3. The lowest BCUT2D eigenvalue weighted by Gasteiger charge is -2.28. The summed E-state index contributed by atoms with van der Waals surface area (Å²) in [7, 11) is 1.58. The van der Waals surface area contributed by atoms with Gasteiger partial charge in [-0.05, 0) is 80.6 Å². The predicted octanol–water partition coefficient (Wildman–Crippen LogP) is 6.41. The lowest BCUT2D eigenvalue weighted by molar-refractivity contribution is 0.0273. The first kappa shape index (κ1) is 41.7. The van der Waals surface area contributed by atoms with Crippen molar-refractivity contribution in [2.75, 3.05) is 69.1 Å². The van der Waals surface area contributed by atoms with E-state index in [1.165, 1.54) is 34.1 Å². The lowest BCUT2D eigenvalue weighted by atomic mass is 9.92. The molecule has 0 fully saturated rings. The molecule has 0 spiro atoms. The van der Waals surface area contributed by atoms with Crippen molar-refractivity contribution in [3.05, 3.63) is 95.4 Å². The molecule has 5 aromatic rings. The minimum atomic E-state index is -0.702. The average Bonchev–Trinajstić information content (AvgIpc) is 3.78. The Bertz CT molecular complexity index is 2320. The average molecular weight is 815 g/mol. The molecule has 0 radical (unpaired) electrons. The number of rotatable bonds is 13. The molecule has 15 nitrogen and oxygen atoms in total. The molecule has 0 aliphatic carbocycles. The standard InChI is InChI=1S/C42H47ClN6O9/c1-26-7-6-8-31-34(57-41(55)47(17-19-56-20-18-50)16-15-46(5)40(54)58-42(2,3)4)21-33-37(36(26)31)28(22-43)23-49(33)39(53)32-25-48-24-29(11-14-35(48)45-32)44-38(52)27-9-12-30(51)13-10-27/h6-14,21,24-25,28,50-51H,15-20,22-23H2,1-5H3,(H,44,52)/t28-/m1/s1. The molecule has 306 valence electrons. The third-order valence-corrected chi connectivity index (χ3v) is 9.92. The molecular weight excluding hydrogens is 768 g/mol. The van der Waals surface area contributed by atoms with Crippen LogP contribution >= 0.6 is 11.6 Å². The van der Waals surface area contributed by atoms with Crippen LogP contribution in [-0.4, -0.2) is 118 Å². The normalized spacial score (nSPS) is 13.7. The second-order valence-electron chi connectivity index (χ2n) is 15.0. The van der Waals surface area contributed by atoms with Crippen LogP contribution in [0.1, 0.15) is 58.7 Å². The molecule has 0 bridgehead atoms. The van der Waals surface area contributed by atoms with Crippen molar-refractivity contribution in [1.29, 1.82) is 0 Å². The number of fused-ring (bicyclic) bond motifs is 4. The number of phenols is 1. The Morgan fingerprint density at radius 2 is 1.74 bits per heavy atom. The lowest BCUT2D eigenvalue weighted by Crippen LogP contribution is -2.43. The van der Waals surface area contributed by atoms with E-state index in [4.69, 9.17) is 25.8 Å². The molecular formula is C42H47ClN6O9. The molecule has 6 rings (SSSR count). The number of carbonyl (C=O) groups excluding carboxylic acids is 4. The maximum Gasteiger partial charge on any atom is 0.415 e. The fourth-order valence-electron chi connectivity index (χ4n) is 6.71. The summed E-state index contributed by atoms with van der Waals surface area (Å²) in [6, 6.07) is 16.6. The molecule has 0 unspecified atom stereocenters. The predicted molar refractivity (Wildman–Crippen MR) is 219 cm³/mol. The molecule has 3 N–H and O–H groups in total. The van der Waals surface area contributed by atoms with E-state index in [0.29, 0.717) is 28.0 Å². The highest BCUT2D eigenvalue weighted by Gasteiger charge is 2.37. The van der Waals surface area contributed by atoms with Gasteiger partial charge in [0.2, 0.25) is 0 Å². The number of aryl methyl sites for hydroxylation is 1. The van der Waals surface area contributed by atoms with Crippen molar-refractivity contribution >= 4 is 63.4 Å². The Hall–Kier alpha value is -5.90. The maximum atomic E-state index is 14.4. The second kappa shape index (κ2) is 17.7. The minimum absolute atomic E-state index is 0.0487. The van der Waals surface area contributed by atoms with Crippen molar-refractivity contribution in [1.82, 2.24) is 19.2 Å². The van der Waals surface area contributed by atoms with Crippen molar-refractivity contribution < 1.29 is 43.6 Å². The Balaban J connectivity index is 1.29. The number of halogens is 1. The van der Waals surface area contributed by atoms with Gasteiger partial charge in [-0.2, -0.15) is 0 Å². The quantitative estimate of drug-likeness (QED) is 0.0890. The van der Waals surface area contributed by atoms with Gasteiger partial charge in [0.05, 0.1) is 31.2 Å². The first-order chi connectivity index (χ1) is 27.7. The van der Waals surface area contributed by atoms with E-state index < -0.39 is 23.7 Å². The fourth-order valence-corrected chi connectivity index (χ4v) is 6.96. The largest absolute Gasteiger partial charge is 0.508 e. The number of nitrogens with zero attached hydrogens (tertiary/aromatic N) is 5. The molecule has 3 aromatic carbocycles. The molecule has 1 aliphatic heterocycles. The number of pyridine rings is 1. The van der Waals surface area contributed by atoms with Crippen LogP contribution in [0, 0.1) is 6.92 Å². The Labute approximate surface area is 340 Å². The van der Waals surface area contributed by atoms with Gasteiger partial charge < -0.3 is 48.8 Å². The van der Waals surface area contributed by atoms with Gasteiger partial charge >= 0.3 is 12.2 Å². The molecule has 0 saturated carbocycles. The van der Waals surface area contributed by atoms with Crippen molar-refractivity contribution in [3.8, 4) is 11.5 Å². The smallest absolute Gasteiger partial charge is 0.415 e. The highest BCUT2D eigenvalue weighted by Crippen LogP contribution is 2.47. The summed E-state index contributed by atoms with van der Waals surface area (Å²) in [5.74, 6) is -0.515. The highest BCUT2D eigenvalue weighted by molar-refractivity contribution is 6.19. The number of hydrogen-bond donors (Lipinski definition) is 3. The molecule has 3 heterocycles. The number of likely N-dealkylation sites (N-methyl/N-ethyl adjacent to an activating group) is 1. The van der Waals surface area contributed by atoms with Crippen molar-refractivity contribution in [3.63, 3.8) is 0 Å². The number of carbonyl (C=O) groups is 4. The number of aromatic hydroxyl groups is 1. The van der Waals surface area contributed by atoms with Gasteiger partial charge in [0.15, 0.2) is 0 Å². The summed E-state index contributed by atoms with van der Waals surface area (Å²) in [6.45, 7) is 7.87. The number of amides is 4. The highest BCUT2D eigenvalue weighted by atomic mass is 35.5. The number of anilines is 2. The summed E-state index contributed by atoms with van der Waals surface area (Å²) in [5.41, 5.74) is 3.04.